The maximum atomic E-state index is 12.8. The Morgan fingerprint density at radius 2 is 1.95 bits per heavy atom. The molecule has 0 unspecified atom stereocenters. The van der Waals surface area contributed by atoms with E-state index >= 15 is 0 Å². The molecule has 1 aliphatic carbocycles. The first kappa shape index (κ1) is 12.1. The maximum absolute atomic E-state index is 12.8. The van der Waals surface area contributed by atoms with E-state index in [-0.39, 0.29) is 11.8 Å². The van der Waals surface area contributed by atoms with E-state index in [2.05, 4.69) is 9.97 Å². The third-order valence-electron chi connectivity index (χ3n) is 4.59. The summed E-state index contributed by atoms with van der Waals surface area (Å²) in [4.78, 5) is 24.4. The number of anilines is 1. The highest BCUT2D eigenvalue weighted by Gasteiger charge is 2.47. The Hall–Kier alpha value is -1.72. The quantitative estimate of drug-likeness (QED) is 0.824. The van der Waals surface area contributed by atoms with Crippen molar-refractivity contribution in [3.05, 3.63) is 18.2 Å². The van der Waals surface area contributed by atoms with Gasteiger partial charge in [-0.1, -0.05) is 0 Å². The molecule has 1 aromatic rings. The number of carbonyl (C=O) groups is 1. The van der Waals surface area contributed by atoms with E-state index in [1.165, 1.54) is 25.2 Å². The van der Waals surface area contributed by atoms with Crippen LogP contribution in [0.25, 0.3) is 0 Å². The number of aromatic nitrogens is 2. The minimum Gasteiger partial charge on any atom is -0.342 e. The van der Waals surface area contributed by atoms with Crippen molar-refractivity contribution in [1.82, 2.24) is 14.9 Å². The van der Waals surface area contributed by atoms with Gasteiger partial charge in [0.1, 0.15) is 0 Å². The molecule has 0 aromatic carbocycles. The van der Waals surface area contributed by atoms with Gasteiger partial charge in [0.2, 0.25) is 11.9 Å². The van der Waals surface area contributed by atoms with Crippen molar-refractivity contribution >= 4 is 11.9 Å². The predicted octanol–water partition coefficient (Wildman–Crippen LogP) is 0.920. The molecule has 4 rings (SSSR count). The van der Waals surface area contributed by atoms with Crippen LogP contribution in [0, 0.1) is 23.6 Å². The molecular formula is C14H17FN4O. The van der Waals surface area contributed by atoms with Crippen molar-refractivity contribution in [3.8, 4) is 0 Å². The lowest BCUT2D eigenvalue weighted by Crippen LogP contribution is -2.34. The third-order valence-corrected chi connectivity index (χ3v) is 4.59. The Kier molecular flexibility index (Phi) is 2.65. The Bertz CT molecular complexity index is 530. The Morgan fingerprint density at radius 3 is 2.60 bits per heavy atom. The molecule has 3 fully saturated rings. The van der Waals surface area contributed by atoms with Crippen molar-refractivity contribution < 1.29 is 9.18 Å². The number of likely N-dealkylation sites (tertiary alicyclic amines) is 1. The number of halogens is 1. The molecule has 0 bridgehead atoms. The number of amides is 1. The molecule has 3 heterocycles. The Labute approximate surface area is 116 Å². The lowest BCUT2D eigenvalue weighted by molar-refractivity contribution is -0.130. The van der Waals surface area contributed by atoms with Crippen LogP contribution in [-0.4, -0.2) is 47.0 Å². The zero-order valence-electron chi connectivity index (χ0n) is 11.2. The summed E-state index contributed by atoms with van der Waals surface area (Å²) in [5, 5.41) is 0. The summed E-state index contributed by atoms with van der Waals surface area (Å²) in [6, 6.07) is 0. The lowest BCUT2D eigenvalue weighted by atomic mass is 10.0. The van der Waals surface area contributed by atoms with Crippen LogP contribution >= 0.6 is 0 Å². The van der Waals surface area contributed by atoms with Crippen LogP contribution in [0.15, 0.2) is 12.4 Å². The maximum Gasteiger partial charge on any atom is 0.227 e. The Morgan fingerprint density at radius 1 is 1.20 bits per heavy atom. The normalized spacial score (nSPS) is 29.1. The predicted molar refractivity (Wildman–Crippen MR) is 70.5 cm³/mol. The molecule has 2 saturated heterocycles. The molecule has 2 aliphatic heterocycles. The highest BCUT2D eigenvalue weighted by molar-refractivity contribution is 5.83. The van der Waals surface area contributed by atoms with E-state index in [0.29, 0.717) is 18.4 Å². The molecule has 20 heavy (non-hydrogen) atoms. The first-order valence-electron chi connectivity index (χ1n) is 7.22. The number of fused-ring (bicyclic) bond motifs is 1. The zero-order valence-corrected chi connectivity index (χ0v) is 11.2. The number of carbonyl (C=O) groups excluding carboxylic acids is 1. The highest BCUT2D eigenvalue weighted by Crippen LogP contribution is 2.37. The van der Waals surface area contributed by atoms with Crippen LogP contribution in [0.2, 0.25) is 0 Å². The van der Waals surface area contributed by atoms with Gasteiger partial charge in [0.25, 0.3) is 0 Å². The summed E-state index contributed by atoms with van der Waals surface area (Å²) in [5.74, 6) is 1.57. The van der Waals surface area contributed by atoms with Gasteiger partial charge in [-0.25, -0.2) is 14.4 Å². The minimum absolute atomic E-state index is 0.0717. The van der Waals surface area contributed by atoms with Gasteiger partial charge in [0.15, 0.2) is 5.82 Å². The van der Waals surface area contributed by atoms with Crippen molar-refractivity contribution in [1.29, 1.82) is 0 Å². The van der Waals surface area contributed by atoms with Gasteiger partial charge >= 0.3 is 0 Å². The molecule has 6 heteroatoms. The van der Waals surface area contributed by atoms with E-state index in [1.807, 2.05) is 9.80 Å². The number of nitrogens with zero attached hydrogens (tertiary/aromatic N) is 4. The molecule has 0 radical (unpaired) electrons. The van der Waals surface area contributed by atoms with E-state index in [1.54, 1.807) is 0 Å². The average Bonchev–Trinajstić information content (AvgIpc) is 3.08. The van der Waals surface area contributed by atoms with Gasteiger partial charge in [-0.2, -0.15) is 0 Å². The SMILES string of the molecule is O=C1[C@@H]2CN(c3ncc(F)cn3)C[C@@H]2CN1CC1CC1. The zero-order chi connectivity index (χ0) is 13.7. The fraction of sp³-hybridized carbons (Fsp3) is 0.643. The molecule has 1 saturated carbocycles. The minimum atomic E-state index is -0.431. The van der Waals surface area contributed by atoms with Crippen LogP contribution in [-0.2, 0) is 4.79 Å². The molecule has 106 valence electrons. The first-order chi connectivity index (χ1) is 9.70. The molecule has 1 aromatic heterocycles. The number of hydrogen-bond donors (Lipinski definition) is 0. The highest BCUT2D eigenvalue weighted by atomic mass is 19.1. The van der Waals surface area contributed by atoms with Gasteiger partial charge in [-0.05, 0) is 18.8 Å². The van der Waals surface area contributed by atoms with Gasteiger partial charge in [0, 0.05) is 32.1 Å². The largest absolute Gasteiger partial charge is 0.342 e. The molecule has 0 N–H and O–H groups in total. The molecular weight excluding hydrogens is 259 g/mol. The summed E-state index contributed by atoms with van der Waals surface area (Å²) in [7, 11) is 0. The van der Waals surface area contributed by atoms with Crippen LogP contribution < -0.4 is 4.90 Å². The standard InChI is InChI=1S/C14H17FN4O/c15-11-3-16-14(17-4-11)19-7-10-6-18(5-9-1-2-9)13(20)12(10)8-19/h3-4,9-10,12H,1-2,5-8H2/t10-,12+/m0/s1. The summed E-state index contributed by atoms with van der Waals surface area (Å²) in [5.41, 5.74) is 0. The average molecular weight is 276 g/mol. The summed E-state index contributed by atoms with van der Waals surface area (Å²) in [6.45, 7) is 3.26. The van der Waals surface area contributed by atoms with Gasteiger partial charge < -0.3 is 9.80 Å². The Balaban J connectivity index is 1.44. The van der Waals surface area contributed by atoms with Crippen molar-refractivity contribution in [2.45, 2.75) is 12.8 Å². The second-order valence-electron chi connectivity index (χ2n) is 6.16. The topological polar surface area (TPSA) is 49.3 Å². The van der Waals surface area contributed by atoms with E-state index in [4.69, 9.17) is 0 Å². The first-order valence-corrected chi connectivity index (χ1v) is 7.22. The number of hydrogen-bond acceptors (Lipinski definition) is 4. The van der Waals surface area contributed by atoms with Crippen molar-refractivity contribution in [2.24, 2.45) is 17.8 Å². The molecule has 3 aliphatic rings. The summed E-state index contributed by atoms with van der Waals surface area (Å²) < 4.78 is 12.8. The number of rotatable bonds is 3. The smallest absolute Gasteiger partial charge is 0.227 e. The van der Waals surface area contributed by atoms with Crippen LogP contribution in [0.1, 0.15) is 12.8 Å². The molecule has 0 spiro atoms. The second kappa shape index (κ2) is 4.40. The monoisotopic (exact) mass is 276 g/mol. The van der Waals surface area contributed by atoms with Crippen LogP contribution in [0.3, 0.4) is 0 Å². The van der Waals surface area contributed by atoms with Crippen molar-refractivity contribution in [2.75, 3.05) is 31.1 Å². The molecule has 5 nitrogen and oxygen atoms in total. The third kappa shape index (κ3) is 2.03. The van der Waals surface area contributed by atoms with Gasteiger partial charge in [0.05, 0.1) is 18.3 Å². The van der Waals surface area contributed by atoms with Crippen molar-refractivity contribution in [3.63, 3.8) is 0 Å². The van der Waals surface area contributed by atoms with E-state index < -0.39 is 5.82 Å². The van der Waals surface area contributed by atoms with E-state index in [9.17, 15) is 9.18 Å². The lowest BCUT2D eigenvalue weighted by Gasteiger charge is -2.21. The fourth-order valence-corrected chi connectivity index (χ4v) is 3.35. The van der Waals surface area contributed by atoms with Crippen LogP contribution in [0.5, 0.6) is 0 Å². The van der Waals surface area contributed by atoms with Crippen LogP contribution in [0.4, 0.5) is 10.3 Å². The fourth-order valence-electron chi connectivity index (χ4n) is 3.35. The van der Waals surface area contributed by atoms with E-state index in [0.717, 1.165) is 25.6 Å². The second-order valence-corrected chi connectivity index (χ2v) is 6.16. The van der Waals surface area contributed by atoms with Gasteiger partial charge in [-0.15, -0.1) is 0 Å². The molecule has 1 amide bonds. The summed E-state index contributed by atoms with van der Waals surface area (Å²) in [6.07, 6.45) is 4.90. The van der Waals surface area contributed by atoms with Gasteiger partial charge in [-0.3, -0.25) is 4.79 Å². The summed E-state index contributed by atoms with van der Waals surface area (Å²) >= 11 is 0. The molecule has 2 atom stereocenters.